The van der Waals surface area contributed by atoms with Gasteiger partial charge in [-0.2, -0.15) is 0 Å². The van der Waals surface area contributed by atoms with Crippen molar-refractivity contribution in [2.45, 2.75) is 83.5 Å². The van der Waals surface area contributed by atoms with E-state index in [1.807, 2.05) is 0 Å². The van der Waals surface area contributed by atoms with E-state index in [9.17, 15) is 4.79 Å². The third-order valence-corrected chi connectivity index (χ3v) is 4.37. The second-order valence-corrected chi connectivity index (χ2v) is 6.93. The molecule has 2 aliphatic heterocycles. The van der Waals surface area contributed by atoms with Crippen molar-refractivity contribution in [1.29, 1.82) is 0 Å². The first kappa shape index (κ1) is 15.8. The SMILES string of the molecule is CC(C)CC(C)OCCC(=O)NC1CC2CCC(C1)N2. The van der Waals surface area contributed by atoms with Crippen LogP contribution >= 0.6 is 0 Å². The number of nitrogens with one attached hydrogen (secondary N) is 2. The summed E-state index contributed by atoms with van der Waals surface area (Å²) in [5.41, 5.74) is 0. The average Bonchev–Trinajstić information content (AvgIpc) is 2.67. The maximum atomic E-state index is 11.9. The third kappa shape index (κ3) is 5.06. The van der Waals surface area contributed by atoms with Gasteiger partial charge < -0.3 is 15.4 Å². The lowest BCUT2D eigenvalue weighted by Crippen LogP contribution is -2.48. The van der Waals surface area contributed by atoms with E-state index in [0.717, 1.165) is 19.3 Å². The Labute approximate surface area is 123 Å². The lowest BCUT2D eigenvalue weighted by atomic mass is 10.00. The van der Waals surface area contributed by atoms with Gasteiger partial charge in [0, 0.05) is 24.5 Å². The fraction of sp³-hybridized carbons (Fsp3) is 0.938. The Kier molecular flexibility index (Phi) is 5.85. The van der Waals surface area contributed by atoms with E-state index >= 15 is 0 Å². The Morgan fingerprint density at radius 1 is 1.25 bits per heavy atom. The van der Waals surface area contributed by atoms with Gasteiger partial charge in [0.2, 0.25) is 5.91 Å². The molecule has 2 aliphatic rings. The predicted molar refractivity (Wildman–Crippen MR) is 80.6 cm³/mol. The van der Waals surface area contributed by atoms with Crippen LogP contribution in [0.5, 0.6) is 0 Å². The molecule has 2 heterocycles. The summed E-state index contributed by atoms with van der Waals surface area (Å²) >= 11 is 0. The van der Waals surface area contributed by atoms with Gasteiger partial charge in [0.05, 0.1) is 12.7 Å². The summed E-state index contributed by atoms with van der Waals surface area (Å²) in [5, 5.41) is 6.77. The van der Waals surface area contributed by atoms with Gasteiger partial charge in [0.1, 0.15) is 0 Å². The van der Waals surface area contributed by atoms with Crippen molar-refractivity contribution in [2.24, 2.45) is 5.92 Å². The fourth-order valence-electron chi connectivity index (χ4n) is 3.56. The molecule has 1 amide bonds. The van der Waals surface area contributed by atoms with Crippen molar-refractivity contribution < 1.29 is 9.53 Å². The van der Waals surface area contributed by atoms with Crippen LogP contribution in [0.15, 0.2) is 0 Å². The summed E-state index contributed by atoms with van der Waals surface area (Å²) in [4.78, 5) is 11.9. The topological polar surface area (TPSA) is 50.4 Å². The van der Waals surface area contributed by atoms with Crippen LogP contribution in [0.2, 0.25) is 0 Å². The zero-order valence-electron chi connectivity index (χ0n) is 13.2. The summed E-state index contributed by atoms with van der Waals surface area (Å²) in [5.74, 6) is 0.789. The van der Waals surface area contributed by atoms with Crippen LogP contribution in [0.3, 0.4) is 0 Å². The lowest BCUT2D eigenvalue weighted by Gasteiger charge is -2.29. The van der Waals surface area contributed by atoms with Crippen molar-refractivity contribution in [3.63, 3.8) is 0 Å². The van der Waals surface area contributed by atoms with Gasteiger partial charge in [-0.05, 0) is 44.9 Å². The van der Waals surface area contributed by atoms with E-state index in [1.165, 1.54) is 12.8 Å². The highest BCUT2D eigenvalue weighted by atomic mass is 16.5. The first-order valence-electron chi connectivity index (χ1n) is 8.20. The highest BCUT2D eigenvalue weighted by molar-refractivity contribution is 5.76. The second kappa shape index (κ2) is 7.41. The van der Waals surface area contributed by atoms with E-state index in [2.05, 4.69) is 31.4 Å². The van der Waals surface area contributed by atoms with Crippen molar-refractivity contribution in [2.75, 3.05) is 6.61 Å². The summed E-state index contributed by atoms with van der Waals surface area (Å²) < 4.78 is 5.69. The smallest absolute Gasteiger partial charge is 0.222 e. The predicted octanol–water partition coefficient (Wildman–Crippen LogP) is 2.23. The number of piperidine rings is 1. The first-order chi connectivity index (χ1) is 9.52. The maximum absolute atomic E-state index is 11.9. The number of ether oxygens (including phenoxy) is 1. The molecule has 0 radical (unpaired) electrons. The number of hydrogen-bond donors (Lipinski definition) is 2. The molecule has 3 atom stereocenters. The molecule has 4 heteroatoms. The molecule has 116 valence electrons. The molecule has 2 fully saturated rings. The van der Waals surface area contributed by atoms with Crippen LogP contribution < -0.4 is 10.6 Å². The van der Waals surface area contributed by atoms with E-state index in [-0.39, 0.29) is 12.0 Å². The van der Waals surface area contributed by atoms with Crippen molar-refractivity contribution >= 4 is 5.91 Å². The molecule has 3 unspecified atom stereocenters. The summed E-state index contributed by atoms with van der Waals surface area (Å²) in [6.45, 7) is 7.01. The van der Waals surface area contributed by atoms with Crippen LogP contribution in [-0.4, -0.2) is 36.7 Å². The number of amides is 1. The van der Waals surface area contributed by atoms with Crippen molar-refractivity contribution in [3.8, 4) is 0 Å². The van der Waals surface area contributed by atoms with Gasteiger partial charge in [0.15, 0.2) is 0 Å². The Bertz CT molecular complexity index is 308. The van der Waals surface area contributed by atoms with E-state index < -0.39 is 0 Å². The molecule has 0 spiro atoms. The highest BCUT2D eigenvalue weighted by Crippen LogP contribution is 2.26. The van der Waals surface area contributed by atoms with Gasteiger partial charge in [-0.3, -0.25) is 4.79 Å². The third-order valence-electron chi connectivity index (χ3n) is 4.37. The molecule has 2 rings (SSSR count). The largest absolute Gasteiger partial charge is 0.378 e. The van der Waals surface area contributed by atoms with E-state index in [4.69, 9.17) is 4.74 Å². The van der Waals surface area contributed by atoms with Crippen LogP contribution in [0.4, 0.5) is 0 Å². The van der Waals surface area contributed by atoms with Crippen LogP contribution in [-0.2, 0) is 9.53 Å². The van der Waals surface area contributed by atoms with Gasteiger partial charge >= 0.3 is 0 Å². The molecule has 2 bridgehead atoms. The minimum atomic E-state index is 0.146. The number of rotatable bonds is 7. The molecule has 0 aromatic carbocycles. The molecule has 2 N–H and O–H groups in total. The van der Waals surface area contributed by atoms with Crippen molar-refractivity contribution in [1.82, 2.24) is 10.6 Å². The summed E-state index contributed by atoms with van der Waals surface area (Å²) in [6, 6.07) is 1.62. The van der Waals surface area contributed by atoms with Crippen LogP contribution in [0, 0.1) is 5.92 Å². The Morgan fingerprint density at radius 2 is 1.90 bits per heavy atom. The molecule has 0 aromatic heterocycles. The number of carbonyl (C=O) groups excluding carboxylic acids is 1. The summed E-state index contributed by atoms with van der Waals surface area (Å²) in [7, 11) is 0. The van der Waals surface area contributed by atoms with Gasteiger partial charge in [-0.15, -0.1) is 0 Å². The number of hydrogen-bond acceptors (Lipinski definition) is 3. The molecule has 0 saturated carbocycles. The zero-order chi connectivity index (χ0) is 14.5. The quantitative estimate of drug-likeness (QED) is 0.753. The standard InChI is InChI=1S/C16H30N2O2/c1-11(2)8-12(3)20-7-6-16(19)18-15-9-13-4-5-14(10-15)17-13/h11-15,17H,4-10H2,1-3H3,(H,18,19). The zero-order valence-corrected chi connectivity index (χ0v) is 13.2. The van der Waals surface area contributed by atoms with E-state index in [1.54, 1.807) is 0 Å². The second-order valence-electron chi connectivity index (χ2n) is 6.93. The van der Waals surface area contributed by atoms with Crippen LogP contribution in [0.1, 0.15) is 59.3 Å². The van der Waals surface area contributed by atoms with Crippen LogP contribution in [0.25, 0.3) is 0 Å². The number of carbonyl (C=O) groups is 1. The molecule has 4 nitrogen and oxygen atoms in total. The Morgan fingerprint density at radius 3 is 2.50 bits per heavy atom. The molecule has 0 aromatic rings. The minimum Gasteiger partial charge on any atom is -0.378 e. The number of fused-ring (bicyclic) bond motifs is 2. The normalized spacial score (nSPS) is 30.5. The van der Waals surface area contributed by atoms with Gasteiger partial charge in [-0.1, -0.05) is 13.8 Å². The molecule has 20 heavy (non-hydrogen) atoms. The highest BCUT2D eigenvalue weighted by Gasteiger charge is 2.33. The molecule has 2 saturated heterocycles. The van der Waals surface area contributed by atoms with Crippen molar-refractivity contribution in [3.05, 3.63) is 0 Å². The van der Waals surface area contributed by atoms with Gasteiger partial charge in [0.25, 0.3) is 0 Å². The first-order valence-corrected chi connectivity index (χ1v) is 8.20. The molecular weight excluding hydrogens is 252 g/mol. The average molecular weight is 282 g/mol. The molecule has 0 aliphatic carbocycles. The monoisotopic (exact) mass is 282 g/mol. The Balaban J connectivity index is 1.58. The molecular formula is C16H30N2O2. The summed E-state index contributed by atoms with van der Waals surface area (Å²) in [6.07, 6.45) is 6.51. The maximum Gasteiger partial charge on any atom is 0.222 e. The fourth-order valence-corrected chi connectivity index (χ4v) is 3.56. The minimum absolute atomic E-state index is 0.146. The van der Waals surface area contributed by atoms with E-state index in [0.29, 0.717) is 37.1 Å². The lowest BCUT2D eigenvalue weighted by molar-refractivity contribution is -0.123. The van der Waals surface area contributed by atoms with Gasteiger partial charge in [-0.25, -0.2) is 0 Å². The Hall–Kier alpha value is -0.610.